The minimum Gasteiger partial charge on any atom is -0.258 e. The van der Waals surface area contributed by atoms with Gasteiger partial charge in [-0.05, 0) is 53.6 Å². The van der Waals surface area contributed by atoms with Crippen molar-refractivity contribution in [2.24, 2.45) is 0 Å². The number of hydrogen-bond acceptors (Lipinski definition) is 7. The first-order chi connectivity index (χ1) is 27.7. The van der Waals surface area contributed by atoms with Gasteiger partial charge in [0.1, 0.15) is 5.82 Å². The summed E-state index contributed by atoms with van der Waals surface area (Å²) in [6.45, 7) is 0. The van der Waals surface area contributed by atoms with Crippen LogP contribution < -0.4 is 0 Å². The SMILES string of the molecule is c1ccc(-c2nc(-c3ccccc3)nc(-c3ccc(-c4cccc(-c5nc6ccccc6c6nnc(-c7ccc8sc9ccccc9c8c7)n56)c4)cc3)n2)cc1. The van der Waals surface area contributed by atoms with Crippen LogP contribution in [0, 0.1) is 0 Å². The summed E-state index contributed by atoms with van der Waals surface area (Å²) in [6, 6.07) is 60.2. The molecular formula is C48H29N7S. The molecule has 7 aromatic carbocycles. The predicted octanol–water partition coefficient (Wildman–Crippen LogP) is 11.8. The highest BCUT2D eigenvalue weighted by Crippen LogP contribution is 2.38. The second kappa shape index (κ2) is 13.2. The number of fused-ring (bicyclic) bond motifs is 6. The van der Waals surface area contributed by atoms with Crippen LogP contribution >= 0.6 is 11.3 Å². The first-order valence-corrected chi connectivity index (χ1v) is 19.2. The second-order valence-corrected chi connectivity index (χ2v) is 14.7. The Labute approximate surface area is 325 Å². The van der Waals surface area contributed by atoms with Crippen molar-refractivity contribution in [3.63, 3.8) is 0 Å². The Balaban J connectivity index is 1.01. The molecule has 262 valence electrons. The van der Waals surface area contributed by atoms with Gasteiger partial charge in [-0.25, -0.2) is 19.9 Å². The highest BCUT2D eigenvalue weighted by atomic mass is 32.1. The van der Waals surface area contributed by atoms with Gasteiger partial charge in [-0.15, -0.1) is 21.5 Å². The molecular weight excluding hydrogens is 707 g/mol. The van der Waals surface area contributed by atoms with Crippen molar-refractivity contribution in [1.29, 1.82) is 0 Å². The molecule has 7 nitrogen and oxygen atoms in total. The Morgan fingerprint density at radius 3 is 1.61 bits per heavy atom. The van der Waals surface area contributed by atoms with Gasteiger partial charge >= 0.3 is 0 Å². The fourth-order valence-corrected chi connectivity index (χ4v) is 8.50. The van der Waals surface area contributed by atoms with Crippen molar-refractivity contribution in [1.82, 2.24) is 34.5 Å². The van der Waals surface area contributed by atoms with Crippen molar-refractivity contribution >= 4 is 48.1 Å². The molecule has 4 aromatic heterocycles. The number of benzene rings is 7. The summed E-state index contributed by atoms with van der Waals surface area (Å²) in [4.78, 5) is 19.9. The van der Waals surface area contributed by atoms with E-state index in [9.17, 15) is 0 Å². The third-order valence-corrected chi connectivity index (χ3v) is 11.3. The van der Waals surface area contributed by atoms with Crippen LogP contribution in [0.15, 0.2) is 176 Å². The lowest BCUT2D eigenvalue weighted by molar-refractivity contribution is 1.07. The molecule has 0 aliphatic heterocycles. The van der Waals surface area contributed by atoms with Gasteiger partial charge in [0, 0.05) is 53.4 Å². The van der Waals surface area contributed by atoms with Gasteiger partial charge in [0.25, 0.3) is 0 Å². The van der Waals surface area contributed by atoms with Gasteiger partial charge in [-0.1, -0.05) is 133 Å². The van der Waals surface area contributed by atoms with Crippen molar-refractivity contribution < 1.29 is 0 Å². The van der Waals surface area contributed by atoms with Crippen LogP contribution in [0.25, 0.3) is 105 Å². The molecule has 0 unspecified atom stereocenters. The van der Waals surface area contributed by atoms with Gasteiger partial charge in [-0.3, -0.25) is 4.40 Å². The minimum absolute atomic E-state index is 0.620. The molecule has 0 saturated carbocycles. The fraction of sp³-hybridized carbons (Fsp3) is 0. The molecule has 0 amide bonds. The van der Waals surface area contributed by atoms with Crippen LogP contribution in [-0.4, -0.2) is 34.5 Å². The Kier molecular flexibility index (Phi) is 7.53. The van der Waals surface area contributed by atoms with E-state index in [0.717, 1.165) is 67.1 Å². The zero-order chi connectivity index (χ0) is 37.0. The van der Waals surface area contributed by atoms with Crippen LogP contribution in [0.2, 0.25) is 0 Å². The molecule has 11 aromatic rings. The van der Waals surface area contributed by atoms with E-state index < -0.39 is 0 Å². The van der Waals surface area contributed by atoms with E-state index in [-0.39, 0.29) is 0 Å². The Morgan fingerprint density at radius 1 is 0.339 bits per heavy atom. The molecule has 11 rings (SSSR count). The summed E-state index contributed by atoms with van der Waals surface area (Å²) in [5.41, 5.74) is 8.49. The number of thiophene rings is 1. The van der Waals surface area contributed by atoms with E-state index in [4.69, 9.17) is 30.1 Å². The van der Waals surface area contributed by atoms with Crippen LogP contribution in [0.4, 0.5) is 0 Å². The number of hydrogen-bond donors (Lipinski definition) is 0. The van der Waals surface area contributed by atoms with E-state index >= 15 is 0 Å². The van der Waals surface area contributed by atoms with Crippen molar-refractivity contribution in [2.45, 2.75) is 0 Å². The molecule has 0 radical (unpaired) electrons. The minimum atomic E-state index is 0.620. The Bertz CT molecular complexity index is 3190. The zero-order valence-corrected chi connectivity index (χ0v) is 30.6. The summed E-state index contributed by atoms with van der Waals surface area (Å²) < 4.78 is 4.62. The van der Waals surface area contributed by atoms with E-state index in [0.29, 0.717) is 17.5 Å². The average molecular weight is 736 g/mol. The highest BCUT2D eigenvalue weighted by Gasteiger charge is 2.19. The summed E-state index contributed by atoms with van der Waals surface area (Å²) in [5, 5.41) is 13.0. The predicted molar refractivity (Wildman–Crippen MR) is 227 cm³/mol. The summed E-state index contributed by atoms with van der Waals surface area (Å²) >= 11 is 1.81. The average Bonchev–Trinajstić information content (AvgIpc) is 3.89. The molecule has 56 heavy (non-hydrogen) atoms. The Hall–Kier alpha value is -7.42. The third-order valence-electron chi connectivity index (χ3n) is 10.2. The molecule has 0 spiro atoms. The monoisotopic (exact) mass is 735 g/mol. The third kappa shape index (κ3) is 5.51. The molecule has 0 saturated heterocycles. The van der Waals surface area contributed by atoms with E-state index in [1.165, 1.54) is 20.2 Å². The first-order valence-electron chi connectivity index (χ1n) is 18.4. The molecule has 0 atom stereocenters. The maximum Gasteiger partial charge on any atom is 0.172 e. The molecule has 0 aliphatic rings. The van der Waals surface area contributed by atoms with Crippen molar-refractivity contribution in [2.75, 3.05) is 0 Å². The molecule has 0 N–H and O–H groups in total. The van der Waals surface area contributed by atoms with Gasteiger partial charge in [-0.2, -0.15) is 0 Å². The van der Waals surface area contributed by atoms with Crippen molar-refractivity contribution in [3.05, 3.63) is 176 Å². The summed E-state index contributed by atoms with van der Waals surface area (Å²) in [6.07, 6.45) is 0. The van der Waals surface area contributed by atoms with Gasteiger partial charge in [0.15, 0.2) is 28.9 Å². The van der Waals surface area contributed by atoms with Crippen molar-refractivity contribution in [3.8, 4) is 68.1 Å². The zero-order valence-electron chi connectivity index (χ0n) is 29.8. The molecule has 4 heterocycles. The second-order valence-electron chi connectivity index (χ2n) is 13.6. The first kappa shape index (κ1) is 32.0. The lowest BCUT2D eigenvalue weighted by Crippen LogP contribution is -2.00. The normalized spacial score (nSPS) is 11.6. The number of aromatic nitrogens is 7. The van der Waals surface area contributed by atoms with Gasteiger partial charge < -0.3 is 0 Å². The number of nitrogens with zero attached hydrogens (tertiary/aromatic N) is 7. The number of rotatable bonds is 6. The van der Waals surface area contributed by atoms with Crippen LogP contribution in [0.5, 0.6) is 0 Å². The lowest BCUT2D eigenvalue weighted by Gasteiger charge is -2.12. The fourth-order valence-electron chi connectivity index (χ4n) is 7.42. The van der Waals surface area contributed by atoms with E-state index in [1.54, 1.807) is 11.3 Å². The standard InChI is InChI=1S/C48H29N7S/c1-3-12-31(13-4-1)43-50-44(32-14-5-2-6-15-32)52-45(51-43)33-24-22-30(23-25-33)34-16-11-17-35(28-34)46-49-40-20-9-7-19-38(40)48-54-53-47(55(46)48)36-26-27-42-39(29-36)37-18-8-10-21-41(37)56-42/h1-29H. The maximum atomic E-state index is 5.25. The summed E-state index contributed by atoms with van der Waals surface area (Å²) in [7, 11) is 0. The van der Waals surface area contributed by atoms with E-state index in [1.807, 2.05) is 78.9 Å². The van der Waals surface area contributed by atoms with Crippen LogP contribution in [0.3, 0.4) is 0 Å². The van der Waals surface area contributed by atoms with Crippen LogP contribution in [-0.2, 0) is 0 Å². The quantitative estimate of drug-likeness (QED) is 0.169. The topological polar surface area (TPSA) is 81.8 Å². The highest BCUT2D eigenvalue weighted by molar-refractivity contribution is 7.25. The van der Waals surface area contributed by atoms with Gasteiger partial charge in [0.05, 0.1) is 5.52 Å². The molecule has 0 bridgehead atoms. The molecule has 0 aliphatic carbocycles. The lowest BCUT2D eigenvalue weighted by atomic mass is 10.0. The van der Waals surface area contributed by atoms with E-state index in [2.05, 4.69) is 101 Å². The van der Waals surface area contributed by atoms with Gasteiger partial charge in [0.2, 0.25) is 0 Å². The summed E-state index contributed by atoms with van der Waals surface area (Å²) in [5.74, 6) is 3.42. The smallest absolute Gasteiger partial charge is 0.172 e. The largest absolute Gasteiger partial charge is 0.258 e. The molecule has 8 heteroatoms. The van der Waals surface area contributed by atoms with Crippen LogP contribution in [0.1, 0.15) is 0 Å². The molecule has 0 fully saturated rings. The number of para-hydroxylation sites is 1. The maximum absolute atomic E-state index is 5.25. The Morgan fingerprint density at radius 2 is 0.875 bits per heavy atom.